The number of carbonyl (C=O) groups excluding carboxylic acids is 2. The molecule has 28 heteroatoms. The van der Waals surface area contributed by atoms with Gasteiger partial charge in [-0.1, -0.05) is 89.9 Å². The summed E-state index contributed by atoms with van der Waals surface area (Å²) in [6.07, 6.45) is -14.7. The average Bonchev–Trinajstić information content (AvgIpc) is 3.18. The molecule has 0 aromatic heterocycles. The molecule has 0 fully saturated rings. The molecule has 0 aliphatic carbocycles. The zero-order valence-electron chi connectivity index (χ0n) is 37.9. The minimum atomic E-state index is -6.92. The molecule has 2 atom stereocenters. The number of alkyl halides is 18. The van der Waals surface area contributed by atoms with Gasteiger partial charge in [0.05, 0.1) is 27.7 Å². The van der Waals surface area contributed by atoms with Crippen molar-refractivity contribution in [3.8, 4) is 0 Å². The van der Waals surface area contributed by atoms with E-state index in [0.29, 0.717) is 75.1 Å². The Morgan fingerprint density at radius 1 is 0.471 bits per heavy atom. The lowest BCUT2D eigenvalue weighted by Crippen LogP contribution is -2.60. The van der Waals surface area contributed by atoms with Crippen molar-refractivity contribution in [3.05, 3.63) is 0 Å². The van der Waals surface area contributed by atoms with Crippen LogP contribution in [0.4, 0.5) is 79.0 Å². The van der Waals surface area contributed by atoms with Crippen LogP contribution in [0.1, 0.15) is 141 Å². The quantitative estimate of drug-likeness (QED) is 0.0198. The number of phosphoric ester groups is 1. The standard InChI is InChI=1S/C40H62F18NO8P/c1-59(2,3)26-27-65-68(62,63)66-29-30(67-32(61)23-19-15-11-7-5-9-13-17-21-25-34(43,44)36(47,48)38(51,52)40(56,57)58)28-64-31(60)22-18-14-10-6-4-8-12-16-20-24-33(41,42)35(45,46)37(49,50)39(53,54)55/h30H,4-29H2,1-3H3/t30-/m1/s1. The SMILES string of the molecule is C[N+](C)(C)CCOP(=O)([O-])OC[C@@H](COC(=O)CCCCCCCCCCCC(F)(F)C(F)(F)C(F)(F)C(F)(F)F)OC(=O)CCCCCCCCCCCC(F)(F)C(F)(F)C(F)(F)C(F)(F)F. The number of quaternary nitrogens is 1. The van der Waals surface area contributed by atoms with Crippen LogP contribution in [0.15, 0.2) is 0 Å². The lowest BCUT2D eigenvalue weighted by atomic mass is 9.97. The summed E-state index contributed by atoms with van der Waals surface area (Å²) < 4.78 is 266. The number of ether oxygens (including phenoxy) is 2. The van der Waals surface area contributed by atoms with Gasteiger partial charge in [0.15, 0.2) is 6.10 Å². The second-order valence-corrected chi connectivity index (χ2v) is 18.9. The van der Waals surface area contributed by atoms with Gasteiger partial charge in [-0.05, 0) is 25.7 Å². The van der Waals surface area contributed by atoms with Crippen LogP contribution in [0.25, 0.3) is 0 Å². The molecule has 0 spiro atoms. The molecule has 0 radical (unpaired) electrons. The number of hydrogen-bond acceptors (Lipinski definition) is 8. The lowest BCUT2D eigenvalue weighted by Gasteiger charge is -2.33. The van der Waals surface area contributed by atoms with Crippen molar-refractivity contribution in [2.75, 3.05) is 47.5 Å². The third-order valence-corrected chi connectivity index (χ3v) is 11.3. The number of unbranched alkanes of at least 4 members (excludes halogenated alkanes) is 16. The van der Waals surface area contributed by atoms with Crippen LogP contribution in [-0.2, 0) is 32.7 Å². The van der Waals surface area contributed by atoms with E-state index in [2.05, 4.69) is 0 Å². The van der Waals surface area contributed by atoms with Crippen molar-refractivity contribution in [1.29, 1.82) is 0 Å². The van der Waals surface area contributed by atoms with Crippen LogP contribution >= 0.6 is 7.82 Å². The minimum absolute atomic E-state index is 0.107. The number of halogens is 18. The summed E-state index contributed by atoms with van der Waals surface area (Å²) in [5.74, 6) is -39.9. The van der Waals surface area contributed by atoms with E-state index >= 15 is 0 Å². The smallest absolute Gasteiger partial charge is 0.460 e. The number of carbonyl (C=O) groups is 2. The summed E-state index contributed by atoms with van der Waals surface area (Å²) in [6, 6.07) is 0. The number of likely N-dealkylation sites (N-methyl/N-ethyl adjacent to an activating group) is 1. The highest BCUT2D eigenvalue weighted by Crippen LogP contribution is 2.55. The normalized spacial score (nSPS) is 15.3. The first-order valence-corrected chi connectivity index (χ1v) is 23.4. The van der Waals surface area contributed by atoms with Crippen LogP contribution in [0.3, 0.4) is 0 Å². The van der Waals surface area contributed by atoms with E-state index in [1.165, 1.54) is 0 Å². The number of esters is 2. The highest BCUT2D eigenvalue weighted by atomic mass is 31.2. The first-order chi connectivity index (χ1) is 30.8. The number of nitrogens with zero attached hydrogens (tertiary/aromatic N) is 1. The molecule has 0 saturated heterocycles. The molecular formula is C40H62F18NO8P. The molecule has 0 aliphatic rings. The van der Waals surface area contributed by atoms with Gasteiger partial charge in [0.1, 0.15) is 19.8 Å². The molecule has 406 valence electrons. The van der Waals surface area contributed by atoms with E-state index in [1.807, 2.05) is 0 Å². The zero-order chi connectivity index (χ0) is 52.9. The Morgan fingerprint density at radius 3 is 1.13 bits per heavy atom. The van der Waals surface area contributed by atoms with Gasteiger partial charge in [0.25, 0.3) is 7.82 Å². The Morgan fingerprint density at radius 2 is 0.794 bits per heavy atom. The Labute approximate surface area is 383 Å². The molecule has 0 aromatic carbocycles. The van der Waals surface area contributed by atoms with Crippen LogP contribution in [0.2, 0.25) is 0 Å². The van der Waals surface area contributed by atoms with E-state index in [4.69, 9.17) is 18.5 Å². The summed E-state index contributed by atoms with van der Waals surface area (Å²) >= 11 is 0. The van der Waals surface area contributed by atoms with E-state index in [-0.39, 0.29) is 58.1 Å². The molecule has 0 rings (SSSR count). The van der Waals surface area contributed by atoms with Crippen molar-refractivity contribution >= 4 is 19.8 Å². The summed E-state index contributed by atoms with van der Waals surface area (Å²) in [5, 5.41) is 0. The lowest BCUT2D eigenvalue weighted by molar-refractivity contribution is -0.870. The molecule has 0 N–H and O–H groups in total. The Hall–Kier alpha value is -2.25. The highest BCUT2D eigenvalue weighted by molar-refractivity contribution is 7.45. The highest BCUT2D eigenvalue weighted by Gasteiger charge is 2.82. The van der Waals surface area contributed by atoms with Gasteiger partial charge in [-0.3, -0.25) is 14.2 Å². The van der Waals surface area contributed by atoms with E-state index in [0.717, 1.165) is 0 Å². The molecule has 0 heterocycles. The molecular weight excluding hydrogens is 995 g/mol. The first-order valence-electron chi connectivity index (χ1n) is 21.9. The maximum absolute atomic E-state index is 13.6. The van der Waals surface area contributed by atoms with Gasteiger partial charge in [-0.25, -0.2) is 0 Å². The van der Waals surface area contributed by atoms with E-state index < -0.39 is 113 Å². The molecule has 9 nitrogen and oxygen atoms in total. The zero-order valence-corrected chi connectivity index (χ0v) is 38.8. The fraction of sp³-hybridized carbons (Fsp3) is 0.950. The Bertz CT molecular complexity index is 1510. The number of rotatable bonds is 38. The monoisotopic (exact) mass is 1060 g/mol. The van der Waals surface area contributed by atoms with Gasteiger partial charge in [0, 0.05) is 25.7 Å². The average molecular weight is 1060 g/mol. The third-order valence-electron chi connectivity index (χ3n) is 10.3. The van der Waals surface area contributed by atoms with Crippen LogP contribution in [0, 0.1) is 0 Å². The Kier molecular flexibility index (Phi) is 27.2. The van der Waals surface area contributed by atoms with E-state index in [9.17, 15) is 98.1 Å². The number of hydrogen-bond donors (Lipinski definition) is 0. The van der Waals surface area contributed by atoms with Crippen LogP contribution in [0.5, 0.6) is 0 Å². The van der Waals surface area contributed by atoms with Gasteiger partial charge in [-0.2, -0.15) is 79.0 Å². The second-order valence-electron chi connectivity index (χ2n) is 17.5. The maximum Gasteiger partial charge on any atom is 0.460 e. The molecule has 1 unspecified atom stereocenters. The summed E-state index contributed by atoms with van der Waals surface area (Å²) in [7, 11) is 0.431. The number of phosphoric acid groups is 1. The Balaban J connectivity index is 4.68. The van der Waals surface area contributed by atoms with Gasteiger partial charge < -0.3 is 27.9 Å². The molecule has 0 aromatic rings. The summed E-state index contributed by atoms with van der Waals surface area (Å²) in [6.45, 7) is -1.33. The minimum Gasteiger partial charge on any atom is -0.756 e. The topological polar surface area (TPSA) is 111 Å². The van der Waals surface area contributed by atoms with Crippen molar-refractivity contribution in [2.45, 2.75) is 195 Å². The predicted molar refractivity (Wildman–Crippen MR) is 207 cm³/mol. The fourth-order valence-corrected chi connectivity index (χ4v) is 6.82. The van der Waals surface area contributed by atoms with Gasteiger partial charge >= 0.3 is 59.8 Å². The van der Waals surface area contributed by atoms with Crippen molar-refractivity contribution in [3.63, 3.8) is 0 Å². The van der Waals surface area contributed by atoms with Gasteiger partial charge in [-0.15, -0.1) is 0 Å². The van der Waals surface area contributed by atoms with Crippen molar-refractivity contribution < 1.29 is 121 Å². The summed E-state index contributed by atoms with van der Waals surface area (Å²) in [5.41, 5.74) is 0. The molecule has 0 saturated carbocycles. The third kappa shape index (κ3) is 22.9. The molecule has 0 bridgehead atoms. The van der Waals surface area contributed by atoms with Crippen LogP contribution < -0.4 is 4.89 Å². The molecule has 68 heavy (non-hydrogen) atoms. The van der Waals surface area contributed by atoms with E-state index in [1.54, 1.807) is 21.1 Å². The molecule has 0 amide bonds. The van der Waals surface area contributed by atoms with Crippen molar-refractivity contribution in [1.82, 2.24) is 0 Å². The summed E-state index contributed by atoms with van der Waals surface area (Å²) in [4.78, 5) is 37.3. The largest absolute Gasteiger partial charge is 0.756 e. The van der Waals surface area contributed by atoms with Gasteiger partial charge in [0.2, 0.25) is 0 Å². The maximum atomic E-state index is 13.6. The fourth-order valence-electron chi connectivity index (χ4n) is 6.09. The predicted octanol–water partition coefficient (Wildman–Crippen LogP) is 13.2. The second kappa shape index (κ2) is 28.1. The first kappa shape index (κ1) is 65.8. The van der Waals surface area contributed by atoms with Crippen LogP contribution in [-0.4, -0.2) is 118 Å². The molecule has 0 aliphatic heterocycles. The van der Waals surface area contributed by atoms with Crippen molar-refractivity contribution in [2.24, 2.45) is 0 Å².